The third kappa shape index (κ3) is 4.33. The number of aromatic nitrogens is 1. The van der Waals surface area contributed by atoms with Crippen molar-refractivity contribution >= 4 is 43.1 Å². The molecule has 2 aromatic heterocycles. The minimum Gasteiger partial charge on any atom is -0.355 e. The Balaban J connectivity index is 1.66. The van der Waals surface area contributed by atoms with Gasteiger partial charge in [0.15, 0.2) is 0 Å². The monoisotopic (exact) mass is 455 g/mol. The van der Waals surface area contributed by atoms with Crippen LogP contribution in [0.4, 0.5) is 19.0 Å². The zero-order valence-electron chi connectivity index (χ0n) is 12.6. The van der Waals surface area contributed by atoms with Gasteiger partial charge in [0.05, 0.1) is 9.35 Å². The van der Waals surface area contributed by atoms with Gasteiger partial charge in [0, 0.05) is 25.3 Å². The van der Waals surface area contributed by atoms with Crippen LogP contribution in [0.2, 0.25) is 0 Å². The standard InChI is InChI=1S/C14H13BrF3N3O2S2/c15-11-2-4-13(24-11)25(22,23)20-10-5-6-21(8-10)12-3-1-9(7-19-12)14(16,17)18/h1-4,7,10,20H,5-6,8H2. The minimum atomic E-state index is -4.43. The quantitative estimate of drug-likeness (QED) is 0.766. The first-order valence-corrected chi connectivity index (χ1v) is 10.3. The van der Waals surface area contributed by atoms with Crippen LogP contribution in [0.15, 0.2) is 38.5 Å². The van der Waals surface area contributed by atoms with E-state index >= 15 is 0 Å². The predicted octanol–water partition coefficient (Wildman–Crippen LogP) is 3.48. The van der Waals surface area contributed by atoms with E-state index in [0.29, 0.717) is 25.3 Å². The highest BCUT2D eigenvalue weighted by atomic mass is 79.9. The van der Waals surface area contributed by atoms with E-state index in [1.807, 2.05) is 0 Å². The Morgan fingerprint density at radius 2 is 2.04 bits per heavy atom. The number of halogens is 4. The van der Waals surface area contributed by atoms with E-state index in [9.17, 15) is 21.6 Å². The van der Waals surface area contributed by atoms with Gasteiger partial charge in [-0.1, -0.05) is 0 Å². The normalized spacial score (nSPS) is 18.7. The van der Waals surface area contributed by atoms with Crippen molar-refractivity contribution < 1.29 is 21.6 Å². The lowest BCUT2D eigenvalue weighted by Gasteiger charge is -2.18. The molecule has 1 aliphatic rings. The second kappa shape index (κ2) is 6.86. The van der Waals surface area contributed by atoms with Gasteiger partial charge >= 0.3 is 6.18 Å². The molecule has 0 aromatic carbocycles. The van der Waals surface area contributed by atoms with Crippen LogP contribution in [0.1, 0.15) is 12.0 Å². The molecule has 3 rings (SSSR count). The zero-order valence-corrected chi connectivity index (χ0v) is 15.8. The summed E-state index contributed by atoms with van der Waals surface area (Å²) >= 11 is 4.34. The number of rotatable bonds is 4. The van der Waals surface area contributed by atoms with Crippen molar-refractivity contribution in [2.75, 3.05) is 18.0 Å². The Hall–Kier alpha value is -1.17. The largest absolute Gasteiger partial charge is 0.417 e. The molecule has 25 heavy (non-hydrogen) atoms. The van der Waals surface area contributed by atoms with Crippen LogP contribution in [0.3, 0.4) is 0 Å². The highest BCUT2D eigenvalue weighted by molar-refractivity contribution is 9.11. The van der Waals surface area contributed by atoms with E-state index in [1.54, 1.807) is 11.0 Å². The van der Waals surface area contributed by atoms with Crippen LogP contribution in [-0.4, -0.2) is 32.5 Å². The molecular formula is C14H13BrF3N3O2S2. The number of hydrogen-bond donors (Lipinski definition) is 1. The van der Waals surface area contributed by atoms with Crippen molar-refractivity contribution in [3.8, 4) is 0 Å². The first kappa shape index (κ1) is 18.6. The van der Waals surface area contributed by atoms with Crippen molar-refractivity contribution in [3.63, 3.8) is 0 Å². The Morgan fingerprint density at radius 3 is 2.60 bits per heavy atom. The van der Waals surface area contributed by atoms with Gasteiger partial charge in [-0.15, -0.1) is 11.3 Å². The van der Waals surface area contributed by atoms with Gasteiger partial charge in [-0.05, 0) is 46.6 Å². The van der Waals surface area contributed by atoms with Gasteiger partial charge in [0.2, 0.25) is 10.0 Å². The lowest BCUT2D eigenvalue weighted by molar-refractivity contribution is -0.137. The second-order valence-electron chi connectivity index (χ2n) is 5.51. The summed E-state index contributed by atoms with van der Waals surface area (Å²) in [5.41, 5.74) is -0.809. The molecule has 1 saturated heterocycles. The molecule has 1 fully saturated rings. The van der Waals surface area contributed by atoms with Gasteiger partial charge in [-0.3, -0.25) is 0 Å². The molecule has 0 bridgehead atoms. The number of hydrogen-bond acceptors (Lipinski definition) is 5. The Labute approximate surface area is 155 Å². The molecule has 0 saturated carbocycles. The van der Waals surface area contributed by atoms with E-state index < -0.39 is 21.8 Å². The van der Waals surface area contributed by atoms with Crippen molar-refractivity contribution in [1.29, 1.82) is 0 Å². The third-order valence-corrected chi connectivity index (χ3v) is 7.36. The lowest BCUT2D eigenvalue weighted by Crippen LogP contribution is -2.36. The molecule has 1 unspecified atom stereocenters. The van der Waals surface area contributed by atoms with Crippen LogP contribution < -0.4 is 9.62 Å². The minimum absolute atomic E-state index is 0.213. The summed E-state index contributed by atoms with van der Waals surface area (Å²) in [6.45, 7) is 0.865. The molecule has 3 heterocycles. The molecule has 5 nitrogen and oxygen atoms in total. The van der Waals surface area contributed by atoms with Crippen molar-refractivity contribution in [1.82, 2.24) is 9.71 Å². The summed E-state index contributed by atoms with van der Waals surface area (Å²) < 4.78 is 65.9. The second-order valence-corrected chi connectivity index (χ2v) is 9.92. The molecular weight excluding hydrogens is 443 g/mol. The zero-order chi connectivity index (χ0) is 18.2. The topological polar surface area (TPSA) is 62.3 Å². The number of nitrogens with one attached hydrogen (secondary N) is 1. The van der Waals surface area contributed by atoms with Crippen molar-refractivity contribution in [3.05, 3.63) is 39.8 Å². The van der Waals surface area contributed by atoms with Gasteiger partial charge in [0.1, 0.15) is 10.0 Å². The average molecular weight is 456 g/mol. The number of nitrogens with zero attached hydrogens (tertiary/aromatic N) is 2. The van der Waals surface area contributed by atoms with Crippen LogP contribution in [0, 0.1) is 0 Å². The van der Waals surface area contributed by atoms with Crippen LogP contribution in [0.25, 0.3) is 0 Å². The summed E-state index contributed by atoms with van der Waals surface area (Å²) in [7, 11) is -3.61. The summed E-state index contributed by atoms with van der Waals surface area (Å²) in [6.07, 6.45) is -3.09. The maximum Gasteiger partial charge on any atom is 0.417 e. The van der Waals surface area contributed by atoms with Crippen molar-refractivity contribution in [2.45, 2.75) is 22.8 Å². The fourth-order valence-corrected chi connectivity index (χ4v) is 5.81. The Morgan fingerprint density at radius 1 is 1.28 bits per heavy atom. The van der Waals surface area contributed by atoms with E-state index in [2.05, 4.69) is 25.6 Å². The molecule has 0 amide bonds. The molecule has 0 aliphatic carbocycles. The number of thiophene rings is 1. The SMILES string of the molecule is O=S(=O)(NC1CCN(c2ccc(C(F)(F)F)cn2)C1)c1ccc(Br)s1. The fraction of sp³-hybridized carbons (Fsp3) is 0.357. The van der Waals surface area contributed by atoms with E-state index in [0.717, 1.165) is 27.4 Å². The number of anilines is 1. The number of alkyl halides is 3. The molecule has 1 N–H and O–H groups in total. The molecule has 11 heteroatoms. The van der Waals surface area contributed by atoms with Gasteiger partial charge in [-0.25, -0.2) is 18.1 Å². The Kier molecular flexibility index (Phi) is 5.11. The maximum atomic E-state index is 12.6. The summed E-state index contributed by atoms with van der Waals surface area (Å²) in [4.78, 5) is 5.61. The number of sulfonamides is 1. The van der Waals surface area contributed by atoms with Gasteiger partial charge in [-0.2, -0.15) is 13.2 Å². The smallest absolute Gasteiger partial charge is 0.355 e. The van der Waals surface area contributed by atoms with E-state index in [-0.39, 0.29) is 10.3 Å². The average Bonchev–Trinajstić information content (AvgIpc) is 3.16. The van der Waals surface area contributed by atoms with Crippen molar-refractivity contribution in [2.24, 2.45) is 0 Å². The maximum absolute atomic E-state index is 12.6. The molecule has 0 radical (unpaired) electrons. The molecule has 1 aliphatic heterocycles. The number of pyridine rings is 1. The van der Waals surface area contributed by atoms with Crippen LogP contribution in [0.5, 0.6) is 0 Å². The molecule has 2 aromatic rings. The summed E-state index contributed by atoms with van der Waals surface area (Å²) in [5, 5.41) is 0. The highest BCUT2D eigenvalue weighted by Crippen LogP contribution is 2.30. The van der Waals surface area contributed by atoms with Crippen LogP contribution in [-0.2, 0) is 16.2 Å². The first-order valence-electron chi connectivity index (χ1n) is 7.21. The summed E-state index contributed by atoms with van der Waals surface area (Å²) in [6, 6.07) is 5.13. The third-order valence-electron chi connectivity index (χ3n) is 3.72. The molecule has 1 atom stereocenters. The fourth-order valence-electron chi connectivity index (χ4n) is 2.52. The van der Waals surface area contributed by atoms with Gasteiger partial charge < -0.3 is 4.90 Å². The predicted molar refractivity (Wildman–Crippen MR) is 92.2 cm³/mol. The first-order chi connectivity index (χ1) is 11.6. The van der Waals surface area contributed by atoms with Crippen LogP contribution >= 0.6 is 27.3 Å². The van der Waals surface area contributed by atoms with Gasteiger partial charge in [0.25, 0.3) is 0 Å². The lowest BCUT2D eigenvalue weighted by atomic mass is 10.3. The Bertz CT molecular complexity index is 853. The molecule has 0 spiro atoms. The summed E-state index contributed by atoms with van der Waals surface area (Å²) in [5.74, 6) is 0.397. The van der Waals surface area contributed by atoms with E-state index in [1.165, 1.54) is 12.1 Å². The highest BCUT2D eigenvalue weighted by Gasteiger charge is 2.32. The van der Waals surface area contributed by atoms with E-state index in [4.69, 9.17) is 0 Å². The molecule has 136 valence electrons.